The third-order valence-corrected chi connectivity index (χ3v) is 6.81. The van der Waals surface area contributed by atoms with Crippen LogP contribution in [0.3, 0.4) is 0 Å². The zero-order valence-corrected chi connectivity index (χ0v) is 17.8. The third-order valence-electron chi connectivity index (χ3n) is 4.23. The van der Waals surface area contributed by atoms with Crippen molar-refractivity contribution in [3.05, 3.63) is 0 Å². The van der Waals surface area contributed by atoms with Crippen LogP contribution in [0, 0.1) is 11.8 Å². The lowest BCUT2D eigenvalue weighted by Crippen LogP contribution is -2.13. The molecule has 0 rings (SSSR count). The Balaban J connectivity index is 4.81. The van der Waals surface area contributed by atoms with E-state index in [-0.39, 0.29) is 25.0 Å². The molecule has 7 nitrogen and oxygen atoms in total. The van der Waals surface area contributed by atoms with Crippen molar-refractivity contribution in [3.8, 4) is 0 Å². The quantitative estimate of drug-likeness (QED) is 0.321. The van der Waals surface area contributed by atoms with E-state index in [1.54, 1.807) is 0 Å². The normalized spacial score (nSPS) is 17.2. The molecule has 0 aliphatic carbocycles. The molecule has 152 valence electrons. The maximum absolute atomic E-state index is 12.7. The van der Waals surface area contributed by atoms with Crippen molar-refractivity contribution in [2.24, 2.45) is 11.8 Å². The van der Waals surface area contributed by atoms with E-state index in [0.717, 1.165) is 51.4 Å². The Bertz CT molecular complexity index is 401. The molecule has 2 atom stereocenters. The van der Waals surface area contributed by atoms with Crippen LogP contribution in [0.4, 0.5) is 0 Å². The molecule has 0 aliphatic rings. The Hall–Kier alpha value is 0.260. The van der Waals surface area contributed by atoms with Gasteiger partial charge in [-0.2, -0.15) is 4.31 Å². The molecular formula is C16H36O7P2. The van der Waals surface area contributed by atoms with Gasteiger partial charge in [0.15, 0.2) is 0 Å². The van der Waals surface area contributed by atoms with Crippen molar-refractivity contribution in [1.82, 2.24) is 0 Å². The van der Waals surface area contributed by atoms with E-state index in [1.165, 1.54) is 0 Å². The SMILES string of the molecule is CCCCC(CC)COP(=O)(OCC(CC)CCCC)OP(=O)(O)O. The summed E-state index contributed by atoms with van der Waals surface area (Å²) < 4.78 is 38.8. The summed E-state index contributed by atoms with van der Waals surface area (Å²) in [6, 6.07) is 0. The fourth-order valence-corrected chi connectivity index (χ4v) is 4.68. The van der Waals surface area contributed by atoms with Gasteiger partial charge in [0.25, 0.3) is 0 Å². The fraction of sp³-hybridized carbons (Fsp3) is 1.00. The Morgan fingerprint density at radius 2 is 1.20 bits per heavy atom. The van der Waals surface area contributed by atoms with E-state index in [2.05, 4.69) is 18.2 Å². The van der Waals surface area contributed by atoms with E-state index in [9.17, 15) is 9.13 Å². The minimum absolute atomic E-state index is 0.0968. The number of phosphoric acid groups is 2. The van der Waals surface area contributed by atoms with Crippen molar-refractivity contribution in [2.75, 3.05) is 13.2 Å². The second kappa shape index (κ2) is 13.4. The standard InChI is InChI=1S/C16H36O7P2/c1-5-9-11-15(7-3)13-21-25(20,23-24(17,18)19)22-14-16(8-4)12-10-6-2/h15-16H,5-14H2,1-4H3,(H2,17,18,19). The summed E-state index contributed by atoms with van der Waals surface area (Å²) in [5.74, 6) is 0.304. The molecule has 0 saturated heterocycles. The molecular weight excluding hydrogens is 366 g/mol. The molecule has 0 aromatic rings. The van der Waals surface area contributed by atoms with Gasteiger partial charge in [-0.1, -0.05) is 66.2 Å². The molecule has 0 radical (unpaired) electrons. The van der Waals surface area contributed by atoms with Crippen LogP contribution in [0.1, 0.15) is 79.1 Å². The topological polar surface area (TPSA) is 102 Å². The van der Waals surface area contributed by atoms with Crippen LogP contribution in [-0.4, -0.2) is 23.0 Å². The van der Waals surface area contributed by atoms with Crippen molar-refractivity contribution < 1.29 is 32.3 Å². The zero-order valence-electron chi connectivity index (χ0n) is 16.1. The van der Waals surface area contributed by atoms with E-state index in [0.29, 0.717) is 0 Å². The molecule has 25 heavy (non-hydrogen) atoms. The first-order chi connectivity index (χ1) is 11.7. The number of rotatable bonds is 16. The van der Waals surface area contributed by atoms with Gasteiger partial charge < -0.3 is 9.79 Å². The Morgan fingerprint density at radius 3 is 1.48 bits per heavy atom. The Morgan fingerprint density at radius 1 is 0.800 bits per heavy atom. The zero-order chi connectivity index (χ0) is 19.3. The third kappa shape index (κ3) is 13.1. The van der Waals surface area contributed by atoms with Crippen LogP contribution >= 0.6 is 15.6 Å². The molecule has 0 bridgehead atoms. The van der Waals surface area contributed by atoms with Crippen LogP contribution in [0.5, 0.6) is 0 Å². The summed E-state index contributed by atoms with van der Waals surface area (Å²) >= 11 is 0. The van der Waals surface area contributed by atoms with E-state index < -0.39 is 15.6 Å². The molecule has 2 unspecified atom stereocenters. The second-order valence-electron chi connectivity index (χ2n) is 6.44. The maximum Gasteiger partial charge on any atom is 0.483 e. The summed E-state index contributed by atoms with van der Waals surface area (Å²) in [5, 5.41) is 0. The summed E-state index contributed by atoms with van der Waals surface area (Å²) in [5.41, 5.74) is 0. The lowest BCUT2D eigenvalue weighted by Gasteiger charge is -2.23. The minimum atomic E-state index is -4.98. The van der Waals surface area contributed by atoms with Crippen molar-refractivity contribution in [1.29, 1.82) is 0 Å². The second-order valence-corrected chi connectivity index (χ2v) is 9.49. The Kier molecular flexibility index (Phi) is 13.6. The smallest absolute Gasteiger partial charge is 0.302 e. The van der Waals surface area contributed by atoms with Gasteiger partial charge in [-0.25, -0.2) is 9.13 Å². The molecule has 0 aliphatic heterocycles. The first kappa shape index (κ1) is 25.3. The van der Waals surface area contributed by atoms with Crippen LogP contribution in [0.25, 0.3) is 0 Å². The molecule has 0 spiro atoms. The van der Waals surface area contributed by atoms with Gasteiger partial charge in [0.1, 0.15) is 0 Å². The molecule has 0 aromatic carbocycles. The number of hydrogen-bond donors (Lipinski definition) is 2. The fourth-order valence-electron chi connectivity index (χ4n) is 2.40. The summed E-state index contributed by atoms with van der Waals surface area (Å²) in [6.07, 6.45) is 7.56. The first-order valence-electron chi connectivity index (χ1n) is 9.35. The van der Waals surface area contributed by atoms with E-state index in [4.69, 9.17) is 18.8 Å². The molecule has 0 saturated carbocycles. The highest BCUT2D eigenvalue weighted by Gasteiger charge is 2.37. The molecule has 0 amide bonds. The van der Waals surface area contributed by atoms with Crippen LogP contribution < -0.4 is 0 Å². The summed E-state index contributed by atoms with van der Waals surface area (Å²) in [4.78, 5) is 18.1. The highest BCUT2D eigenvalue weighted by atomic mass is 31.3. The summed E-state index contributed by atoms with van der Waals surface area (Å²) in [6.45, 7) is 8.35. The van der Waals surface area contributed by atoms with Crippen LogP contribution in [-0.2, 0) is 22.5 Å². The number of phosphoric ester groups is 1. The molecule has 2 N–H and O–H groups in total. The van der Waals surface area contributed by atoms with Gasteiger partial charge >= 0.3 is 15.6 Å². The van der Waals surface area contributed by atoms with Crippen LogP contribution in [0.2, 0.25) is 0 Å². The van der Waals surface area contributed by atoms with Gasteiger partial charge in [-0.15, -0.1) is 0 Å². The largest absolute Gasteiger partial charge is 0.483 e. The lowest BCUT2D eigenvalue weighted by molar-refractivity contribution is 0.106. The highest BCUT2D eigenvalue weighted by molar-refractivity contribution is 7.61. The average Bonchev–Trinajstić information content (AvgIpc) is 2.53. The average molecular weight is 402 g/mol. The van der Waals surface area contributed by atoms with Crippen molar-refractivity contribution in [2.45, 2.75) is 79.1 Å². The minimum Gasteiger partial charge on any atom is -0.302 e. The van der Waals surface area contributed by atoms with E-state index in [1.807, 2.05) is 13.8 Å². The van der Waals surface area contributed by atoms with Gasteiger partial charge in [-0.3, -0.25) is 9.05 Å². The maximum atomic E-state index is 12.7. The number of unbranched alkanes of at least 4 members (excludes halogenated alkanes) is 2. The monoisotopic (exact) mass is 402 g/mol. The Labute approximate surface area is 152 Å². The van der Waals surface area contributed by atoms with Crippen molar-refractivity contribution in [3.63, 3.8) is 0 Å². The molecule has 0 heterocycles. The summed E-state index contributed by atoms with van der Waals surface area (Å²) in [7, 11) is -9.28. The molecule has 9 heteroatoms. The predicted octanol–water partition coefficient (Wildman–Crippen LogP) is 5.67. The van der Waals surface area contributed by atoms with Gasteiger partial charge in [0, 0.05) is 0 Å². The first-order valence-corrected chi connectivity index (χ1v) is 12.3. The molecule has 0 fully saturated rings. The number of hydrogen-bond acceptors (Lipinski definition) is 5. The molecule has 0 aromatic heterocycles. The predicted molar refractivity (Wildman–Crippen MR) is 99.3 cm³/mol. The van der Waals surface area contributed by atoms with E-state index >= 15 is 0 Å². The highest BCUT2D eigenvalue weighted by Crippen LogP contribution is 2.61. The van der Waals surface area contributed by atoms with Gasteiger partial charge in [0.2, 0.25) is 0 Å². The lowest BCUT2D eigenvalue weighted by atomic mass is 10.0. The van der Waals surface area contributed by atoms with Gasteiger partial charge in [0.05, 0.1) is 13.2 Å². The van der Waals surface area contributed by atoms with Gasteiger partial charge in [-0.05, 0) is 24.7 Å². The van der Waals surface area contributed by atoms with Crippen molar-refractivity contribution >= 4 is 15.6 Å². The van der Waals surface area contributed by atoms with Crippen LogP contribution in [0.15, 0.2) is 0 Å².